The van der Waals surface area contributed by atoms with Gasteiger partial charge in [-0.05, 0) is 56.9 Å². The number of piperidine rings is 1. The zero-order valence-corrected chi connectivity index (χ0v) is 19.9. The maximum atomic E-state index is 13.8. The number of rotatable bonds is 2. The van der Waals surface area contributed by atoms with E-state index in [2.05, 4.69) is 12.1 Å². The number of carbonyl (C=O) groups excluding carboxylic acids is 2. The molecule has 3 heterocycles. The Hall–Kier alpha value is -3.11. The molecule has 1 spiro atoms. The third-order valence-corrected chi connectivity index (χ3v) is 7.69. The maximum absolute atomic E-state index is 13.8. The van der Waals surface area contributed by atoms with Crippen LogP contribution in [-0.2, 0) is 9.53 Å². The first-order valence-corrected chi connectivity index (χ1v) is 11.9. The Balaban J connectivity index is 1.36. The van der Waals surface area contributed by atoms with E-state index in [1.54, 1.807) is 23.1 Å². The molecule has 5 rings (SSSR count). The summed E-state index contributed by atoms with van der Waals surface area (Å²) in [6, 6.07) is 13.2. The van der Waals surface area contributed by atoms with Gasteiger partial charge in [0.2, 0.25) is 0 Å². The highest BCUT2D eigenvalue weighted by Gasteiger charge is 2.63. The molecule has 0 bridgehead atoms. The SMILES string of the molecule is [B]c1cc(C)cc(C2CCC3(C)OC4(CCN(C(=O)c5cc(C#N)ccc5C)CC4)C(=O)N23)c1. The Morgan fingerprint density at radius 1 is 1.15 bits per heavy atom. The highest BCUT2D eigenvalue weighted by molar-refractivity contribution is 6.32. The van der Waals surface area contributed by atoms with Crippen molar-refractivity contribution in [3.8, 4) is 6.07 Å². The second kappa shape index (κ2) is 7.99. The fourth-order valence-corrected chi connectivity index (χ4v) is 5.95. The molecular weight excluding hydrogens is 425 g/mol. The largest absolute Gasteiger partial charge is 0.339 e. The Morgan fingerprint density at radius 3 is 2.56 bits per heavy atom. The zero-order valence-electron chi connectivity index (χ0n) is 19.9. The van der Waals surface area contributed by atoms with Crippen molar-refractivity contribution in [2.24, 2.45) is 0 Å². The quantitative estimate of drug-likeness (QED) is 0.656. The number of aryl methyl sites for hydroxylation is 2. The van der Waals surface area contributed by atoms with E-state index in [0.717, 1.165) is 29.5 Å². The van der Waals surface area contributed by atoms with Gasteiger partial charge in [-0.3, -0.25) is 9.59 Å². The van der Waals surface area contributed by atoms with Gasteiger partial charge in [0, 0.05) is 31.5 Å². The summed E-state index contributed by atoms with van der Waals surface area (Å²) in [5.74, 6) is -0.0814. The lowest BCUT2D eigenvalue weighted by molar-refractivity contribution is -0.148. The first-order chi connectivity index (χ1) is 16.2. The summed E-state index contributed by atoms with van der Waals surface area (Å²) in [5.41, 5.74) is 3.13. The number of benzene rings is 2. The van der Waals surface area contributed by atoms with Crippen LogP contribution < -0.4 is 5.46 Å². The van der Waals surface area contributed by atoms with Gasteiger partial charge >= 0.3 is 0 Å². The van der Waals surface area contributed by atoms with E-state index < -0.39 is 11.3 Å². The van der Waals surface area contributed by atoms with Crippen LogP contribution in [0.25, 0.3) is 0 Å². The van der Waals surface area contributed by atoms with E-state index in [4.69, 9.17) is 12.6 Å². The van der Waals surface area contributed by atoms with Crippen molar-refractivity contribution in [2.45, 2.75) is 63.8 Å². The van der Waals surface area contributed by atoms with E-state index >= 15 is 0 Å². The molecule has 2 radical (unpaired) electrons. The highest BCUT2D eigenvalue weighted by atomic mass is 16.6. The number of ether oxygens (including phenoxy) is 1. The van der Waals surface area contributed by atoms with Gasteiger partial charge < -0.3 is 14.5 Å². The van der Waals surface area contributed by atoms with Crippen molar-refractivity contribution in [1.82, 2.24) is 9.80 Å². The molecule has 2 atom stereocenters. The summed E-state index contributed by atoms with van der Waals surface area (Å²) in [5, 5.41) is 9.21. The summed E-state index contributed by atoms with van der Waals surface area (Å²) >= 11 is 0. The van der Waals surface area contributed by atoms with Crippen LogP contribution in [0.2, 0.25) is 0 Å². The second-order valence-electron chi connectivity index (χ2n) is 10.1. The van der Waals surface area contributed by atoms with E-state index in [0.29, 0.717) is 42.5 Å². The molecule has 2 aromatic carbocycles. The average Bonchev–Trinajstić information content (AvgIpc) is 3.24. The van der Waals surface area contributed by atoms with Gasteiger partial charge in [-0.15, -0.1) is 0 Å². The topological polar surface area (TPSA) is 73.6 Å². The standard InChI is InChI=1S/C27H28BN3O3/c1-17-12-20(15-21(28)13-17)23-6-7-26(3)31(23)25(33)27(34-26)8-10-30(11-9-27)24(32)22-14-19(16-29)5-4-18(22)2/h4-5,12-15,23H,6-11H2,1-3H3. The molecule has 0 N–H and O–H groups in total. The van der Waals surface area contributed by atoms with Crippen molar-refractivity contribution in [3.05, 3.63) is 64.2 Å². The van der Waals surface area contributed by atoms with Gasteiger partial charge in [-0.1, -0.05) is 35.3 Å². The molecule has 2 unspecified atom stereocenters. The molecule has 172 valence electrons. The minimum absolute atomic E-state index is 0.0207. The lowest BCUT2D eigenvalue weighted by atomic mass is 9.87. The van der Waals surface area contributed by atoms with Crippen molar-refractivity contribution in [3.63, 3.8) is 0 Å². The number of hydrogen-bond donors (Lipinski definition) is 0. The smallest absolute Gasteiger partial charge is 0.257 e. The predicted molar refractivity (Wildman–Crippen MR) is 129 cm³/mol. The number of nitriles is 1. The van der Waals surface area contributed by atoms with Crippen LogP contribution in [0.5, 0.6) is 0 Å². The van der Waals surface area contributed by atoms with Crippen molar-refractivity contribution >= 4 is 25.1 Å². The van der Waals surface area contributed by atoms with Crippen molar-refractivity contribution in [1.29, 1.82) is 5.26 Å². The minimum atomic E-state index is -0.900. The van der Waals surface area contributed by atoms with Crippen molar-refractivity contribution in [2.75, 3.05) is 13.1 Å². The Kier molecular flexibility index (Phi) is 5.33. The van der Waals surface area contributed by atoms with E-state index in [1.807, 2.05) is 37.8 Å². The van der Waals surface area contributed by atoms with Gasteiger partial charge in [-0.2, -0.15) is 5.26 Å². The molecule has 34 heavy (non-hydrogen) atoms. The summed E-state index contributed by atoms with van der Waals surface area (Å²) in [6.45, 7) is 6.77. The van der Waals surface area contributed by atoms with Crippen LogP contribution in [-0.4, -0.2) is 53.9 Å². The van der Waals surface area contributed by atoms with E-state index in [1.165, 1.54) is 0 Å². The van der Waals surface area contributed by atoms with Crippen LogP contribution in [0, 0.1) is 25.2 Å². The normalized spacial score (nSPS) is 25.5. The van der Waals surface area contributed by atoms with Crippen LogP contribution in [0.4, 0.5) is 0 Å². The molecule has 3 aliphatic rings. The molecule has 3 aliphatic heterocycles. The first kappa shape index (κ1) is 22.7. The lowest BCUT2D eigenvalue weighted by Crippen LogP contribution is -2.51. The zero-order chi connectivity index (χ0) is 24.3. The van der Waals surface area contributed by atoms with E-state index in [9.17, 15) is 14.9 Å². The molecule has 2 amide bonds. The molecule has 2 aromatic rings. The lowest BCUT2D eigenvalue weighted by Gasteiger charge is -2.38. The van der Waals surface area contributed by atoms with E-state index in [-0.39, 0.29) is 17.9 Å². The molecule has 7 heteroatoms. The minimum Gasteiger partial charge on any atom is -0.339 e. The summed E-state index contributed by atoms with van der Waals surface area (Å²) in [4.78, 5) is 30.7. The van der Waals surface area contributed by atoms with Crippen LogP contribution in [0.1, 0.15) is 71.3 Å². The summed E-state index contributed by atoms with van der Waals surface area (Å²) in [6.07, 6.45) is 2.52. The summed E-state index contributed by atoms with van der Waals surface area (Å²) in [7, 11) is 6.10. The first-order valence-electron chi connectivity index (χ1n) is 11.9. The number of fused-ring (bicyclic) bond motifs is 1. The fourth-order valence-electron chi connectivity index (χ4n) is 5.95. The molecule has 0 aromatic heterocycles. The predicted octanol–water partition coefficient (Wildman–Crippen LogP) is 3.05. The third kappa shape index (κ3) is 3.52. The number of nitrogens with zero attached hydrogens (tertiary/aromatic N) is 3. The molecule has 0 saturated carbocycles. The molecule has 3 fully saturated rings. The van der Waals surface area contributed by atoms with Gasteiger partial charge in [-0.25, -0.2) is 0 Å². The molecule has 0 aliphatic carbocycles. The Bertz CT molecular complexity index is 1210. The molecule has 3 saturated heterocycles. The Morgan fingerprint density at radius 2 is 1.88 bits per heavy atom. The maximum Gasteiger partial charge on any atom is 0.257 e. The van der Waals surface area contributed by atoms with Gasteiger partial charge in [0.1, 0.15) is 13.6 Å². The van der Waals surface area contributed by atoms with Crippen molar-refractivity contribution < 1.29 is 14.3 Å². The number of carbonyl (C=O) groups is 2. The van der Waals surface area contributed by atoms with Gasteiger partial charge in [0.25, 0.3) is 11.8 Å². The van der Waals surface area contributed by atoms with Crippen LogP contribution in [0.15, 0.2) is 36.4 Å². The Labute approximate surface area is 201 Å². The number of likely N-dealkylation sites (tertiary alicyclic amines) is 1. The molecular formula is C27H28BN3O3. The fraction of sp³-hybridized carbons (Fsp3) is 0.444. The number of hydrogen-bond acceptors (Lipinski definition) is 4. The van der Waals surface area contributed by atoms with Crippen LogP contribution in [0.3, 0.4) is 0 Å². The van der Waals surface area contributed by atoms with Gasteiger partial charge in [0.15, 0.2) is 5.60 Å². The average molecular weight is 453 g/mol. The third-order valence-electron chi connectivity index (χ3n) is 7.69. The highest BCUT2D eigenvalue weighted by Crippen LogP contribution is 2.53. The monoisotopic (exact) mass is 453 g/mol. The summed E-state index contributed by atoms with van der Waals surface area (Å²) < 4.78 is 6.58. The molecule has 6 nitrogen and oxygen atoms in total. The number of amides is 2. The van der Waals surface area contributed by atoms with Gasteiger partial charge in [0.05, 0.1) is 17.7 Å². The van der Waals surface area contributed by atoms with Crippen LogP contribution >= 0.6 is 0 Å². The second-order valence-corrected chi connectivity index (χ2v) is 10.1.